The zero-order valence-corrected chi connectivity index (χ0v) is 23.5. The van der Waals surface area contributed by atoms with E-state index >= 15 is 0 Å². The maximum absolute atomic E-state index is 13.7. The average Bonchev–Trinajstić information content (AvgIpc) is 2.97. The molecule has 0 bridgehead atoms. The van der Waals surface area contributed by atoms with Crippen molar-refractivity contribution in [2.75, 3.05) is 38.7 Å². The molecule has 4 rings (SSSR count). The summed E-state index contributed by atoms with van der Waals surface area (Å²) in [5, 5.41) is 2.88. The molecule has 1 heterocycles. The number of piperidine rings is 1. The van der Waals surface area contributed by atoms with Gasteiger partial charge in [0.25, 0.3) is 11.8 Å². The lowest BCUT2D eigenvalue weighted by atomic mass is 9.89. The van der Waals surface area contributed by atoms with Gasteiger partial charge in [-0.05, 0) is 90.9 Å². The van der Waals surface area contributed by atoms with E-state index in [2.05, 4.69) is 12.2 Å². The number of rotatable bonds is 10. The van der Waals surface area contributed by atoms with Gasteiger partial charge in [-0.1, -0.05) is 37.6 Å². The van der Waals surface area contributed by atoms with Crippen LogP contribution in [0.1, 0.15) is 60.0 Å². The minimum atomic E-state index is -0.356. The number of carbonyl (C=O) groups is 2. The molecule has 0 unspecified atom stereocenters. The summed E-state index contributed by atoms with van der Waals surface area (Å²) in [6, 6.07) is 21.4. The van der Waals surface area contributed by atoms with Crippen LogP contribution in [0.25, 0.3) is 6.08 Å². The number of ether oxygens (including phenoxy) is 1. The fraction of sp³-hybridized carbons (Fsp3) is 0.333. The van der Waals surface area contributed by atoms with Gasteiger partial charge in [0, 0.05) is 38.4 Å². The normalized spacial score (nSPS) is 14.1. The summed E-state index contributed by atoms with van der Waals surface area (Å²) in [5.41, 5.74) is 3.61. The Morgan fingerprint density at radius 2 is 1.62 bits per heavy atom. The fourth-order valence-electron chi connectivity index (χ4n) is 4.74. The lowest BCUT2D eigenvalue weighted by molar-refractivity contribution is -0.128. The van der Waals surface area contributed by atoms with Gasteiger partial charge in [-0.2, -0.15) is 0 Å². The lowest BCUT2D eigenvalue weighted by Gasteiger charge is -2.33. The Labute approximate surface area is 236 Å². The van der Waals surface area contributed by atoms with Crippen molar-refractivity contribution in [1.82, 2.24) is 10.2 Å². The molecule has 0 aliphatic carbocycles. The molecule has 0 aromatic heterocycles. The summed E-state index contributed by atoms with van der Waals surface area (Å²) < 4.78 is 19.1. The van der Waals surface area contributed by atoms with Crippen LogP contribution in [0.4, 0.5) is 10.1 Å². The molecule has 210 valence electrons. The number of hydrogen-bond acceptors (Lipinski definition) is 4. The Morgan fingerprint density at radius 1 is 0.975 bits per heavy atom. The quantitative estimate of drug-likeness (QED) is 0.243. The summed E-state index contributed by atoms with van der Waals surface area (Å²) in [5.74, 6) is 0.150. The molecule has 6 nitrogen and oxygen atoms in total. The highest BCUT2D eigenvalue weighted by atomic mass is 19.1. The highest BCUT2D eigenvalue weighted by Crippen LogP contribution is 2.29. The first kappa shape index (κ1) is 28.9. The van der Waals surface area contributed by atoms with Gasteiger partial charge in [-0.25, -0.2) is 4.39 Å². The van der Waals surface area contributed by atoms with Crippen molar-refractivity contribution in [2.24, 2.45) is 0 Å². The van der Waals surface area contributed by atoms with Gasteiger partial charge >= 0.3 is 0 Å². The topological polar surface area (TPSA) is 61.9 Å². The van der Waals surface area contributed by atoms with Crippen LogP contribution in [0.3, 0.4) is 0 Å². The molecule has 7 heteroatoms. The number of nitrogens with zero attached hydrogens (tertiary/aromatic N) is 2. The molecule has 1 aliphatic heterocycles. The number of carbonyl (C=O) groups excluding carboxylic acids is 2. The van der Waals surface area contributed by atoms with Gasteiger partial charge in [0.05, 0.1) is 6.61 Å². The van der Waals surface area contributed by atoms with E-state index in [1.807, 2.05) is 55.4 Å². The van der Waals surface area contributed by atoms with Crippen LogP contribution in [0.15, 0.2) is 78.5 Å². The molecule has 0 saturated carbocycles. The molecule has 3 aromatic rings. The van der Waals surface area contributed by atoms with Crippen molar-refractivity contribution >= 4 is 23.6 Å². The maximum Gasteiger partial charge on any atom is 0.270 e. The van der Waals surface area contributed by atoms with Crippen molar-refractivity contribution in [3.63, 3.8) is 0 Å². The molecule has 1 N–H and O–H groups in total. The smallest absolute Gasteiger partial charge is 0.270 e. The fourth-order valence-corrected chi connectivity index (χ4v) is 4.74. The zero-order chi connectivity index (χ0) is 28.5. The van der Waals surface area contributed by atoms with E-state index < -0.39 is 0 Å². The van der Waals surface area contributed by atoms with E-state index in [0.717, 1.165) is 42.5 Å². The molecule has 1 fully saturated rings. The third-order valence-corrected chi connectivity index (χ3v) is 7.21. The number of anilines is 1. The molecule has 0 atom stereocenters. The van der Waals surface area contributed by atoms with Gasteiger partial charge in [-0.3, -0.25) is 9.59 Å². The predicted molar refractivity (Wildman–Crippen MR) is 158 cm³/mol. The lowest BCUT2D eigenvalue weighted by Crippen LogP contribution is -2.42. The monoisotopic (exact) mass is 543 g/mol. The van der Waals surface area contributed by atoms with Gasteiger partial charge in [-0.15, -0.1) is 0 Å². The molecule has 2 amide bonds. The van der Waals surface area contributed by atoms with Crippen LogP contribution in [0.5, 0.6) is 5.75 Å². The summed E-state index contributed by atoms with van der Waals surface area (Å²) >= 11 is 0. The van der Waals surface area contributed by atoms with Crippen molar-refractivity contribution < 1.29 is 18.7 Å². The largest absolute Gasteiger partial charge is 0.494 e. The Balaban J connectivity index is 1.49. The van der Waals surface area contributed by atoms with Crippen LogP contribution in [0.2, 0.25) is 0 Å². The van der Waals surface area contributed by atoms with Crippen molar-refractivity contribution in [1.29, 1.82) is 0 Å². The van der Waals surface area contributed by atoms with E-state index in [4.69, 9.17) is 4.74 Å². The molecule has 0 radical (unpaired) electrons. The Morgan fingerprint density at radius 3 is 2.23 bits per heavy atom. The number of benzene rings is 3. The molecular weight excluding hydrogens is 505 g/mol. The number of nitrogens with one attached hydrogen (secondary N) is 1. The molecule has 1 aliphatic rings. The Bertz CT molecular complexity index is 1290. The van der Waals surface area contributed by atoms with Crippen molar-refractivity contribution in [3.8, 4) is 5.75 Å². The molecule has 0 spiro atoms. The van der Waals surface area contributed by atoms with E-state index in [1.165, 1.54) is 12.1 Å². The number of likely N-dealkylation sites (tertiary alicyclic amines) is 1. The first-order valence-electron chi connectivity index (χ1n) is 13.9. The summed E-state index contributed by atoms with van der Waals surface area (Å²) in [7, 11) is 3.94. The van der Waals surface area contributed by atoms with Gasteiger partial charge < -0.3 is 19.9 Å². The molecular formula is C33H38FN3O3. The summed E-state index contributed by atoms with van der Waals surface area (Å²) in [4.78, 5) is 30.7. The summed E-state index contributed by atoms with van der Waals surface area (Å²) in [6.07, 6.45) is 5.29. The Hall–Kier alpha value is -4.13. The maximum atomic E-state index is 13.7. The Kier molecular flexibility index (Phi) is 9.95. The number of amides is 2. The SMILES string of the molecule is CCCCOc1ccc(C(=O)NC(=Cc2ccc(N(C)C)cc2)C(=O)N2CCC(c3ccc(F)cc3)CC2)cc1. The minimum Gasteiger partial charge on any atom is -0.494 e. The molecule has 40 heavy (non-hydrogen) atoms. The van der Waals surface area contributed by atoms with Gasteiger partial charge in [0.15, 0.2) is 0 Å². The van der Waals surface area contributed by atoms with Crippen molar-refractivity contribution in [3.05, 3.63) is 101 Å². The first-order valence-corrected chi connectivity index (χ1v) is 13.9. The van der Waals surface area contributed by atoms with Crippen LogP contribution in [-0.4, -0.2) is 50.5 Å². The van der Waals surface area contributed by atoms with E-state index in [1.54, 1.807) is 35.2 Å². The third kappa shape index (κ3) is 7.72. The van der Waals surface area contributed by atoms with E-state index in [0.29, 0.717) is 31.0 Å². The first-order chi connectivity index (χ1) is 19.3. The second-order valence-electron chi connectivity index (χ2n) is 10.3. The predicted octanol–water partition coefficient (Wildman–Crippen LogP) is 6.25. The summed E-state index contributed by atoms with van der Waals surface area (Å²) in [6.45, 7) is 3.84. The van der Waals surface area contributed by atoms with Crippen LogP contribution < -0.4 is 15.0 Å². The van der Waals surface area contributed by atoms with Crippen LogP contribution in [-0.2, 0) is 4.79 Å². The highest BCUT2D eigenvalue weighted by Gasteiger charge is 2.27. The zero-order valence-electron chi connectivity index (χ0n) is 23.5. The van der Waals surface area contributed by atoms with E-state index in [9.17, 15) is 14.0 Å². The van der Waals surface area contributed by atoms with Gasteiger partial charge in [0.2, 0.25) is 0 Å². The minimum absolute atomic E-state index is 0.220. The number of unbranched alkanes of at least 4 members (excludes halogenated alkanes) is 1. The van der Waals surface area contributed by atoms with Crippen molar-refractivity contribution in [2.45, 2.75) is 38.5 Å². The second kappa shape index (κ2) is 13.8. The second-order valence-corrected chi connectivity index (χ2v) is 10.3. The number of hydrogen-bond donors (Lipinski definition) is 1. The highest BCUT2D eigenvalue weighted by molar-refractivity contribution is 6.05. The van der Waals surface area contributed by atoms with Crippen LogP contribution in [0, 0.1) is 5.82 Å². The average molecular weight is 544 g/mol. The van der Waals surface area contributed by atoms with E-state index in [-0.39, 0.29) is 29.2 Å². The molecule has 3 aromatic carbocycles. The molecule has 1 saturated heterocycles. The third-order valence-electron chi connectivity index (χ3n) is 7.21. The van der Waals surface area contributed by atoms with Crippen LogP contribution >= 0.6 is 0 Å². The standard InChI is InChI=1S/C33H38FN3O3/c1-4-5-22-40-30-16-10-27(11-17-30)32(38)35-31(23-24-6-14-29(15-7-24)36(2)3)33(39)37-20-18-26(19-21-37)25-8-12-28(34)13-9-25/h6-17,23,26H,4-5,18-22H2,1-3H3,(H,35,38). The number of halogens is 1. The van der Waals surface area contributed by atoms with Gasteiger partial charge in [0.1, 0.15) is 17.3 Å².